The van der Waals surface area contributed by atoms with Crippen molar-refractivity contribution in [1.82, 2.24) is 10.2 Å². The average Bonchev–Trinajstić information content (AvgIpc) is 2.73. The number of nitrogens with one attached hydrogen (secondary N) is 2. The zero-order valence-corrected chi connectivity index (χ0v) is 10.0. The van der Waals surface area contributed by atoms with Gasteiger partial charge in [-0.15, -0.1) is 0 Å². The van der Waals surface area contributed by atoms with Crippen LogP contribution in [0.15, 0.2) is 34.9 Å². The molecule has 2 rings (SSSR count). The SMILES string of the molecule is Cc1cccc(NCc2ccn[nH]2)c1Br. The fourth-order valence-electron chi connectivity index (χ4n) is 1.36. The fraction of sp³-hybridized carbons (Fsp3) is 0.182. The number of aromatic amines is 1. The summed E-state index contributed by atoms with van der Waals surface area (Å²) in [6.45, 7) is 2.83. The van der Waals surface area contributed by atoms with E-state index in [2.05, 4.69) is 44.4 Å². The van der Waals surface area contributed by atoms with Crippen LogP contribution in [0.1, 0.15) is 11.3 Å². The normalized spacial score (nSPS) is 10.3. The van der Waals surface area contributed by atoms with Crippen molar-refractivity contribution in [3.63, 3.8) is 0 Å². The van der Waals surface area contributed by atoms with Crippen LogP contribution in [0.25, 0.3) is 0 Å². The third-order valence-corrected chi connectivity index (χ3v) is 3.27. The van der Waals surface area contributed by atoms with E-state index in [9.17, 15) is 0 Å². The summed E-state index contributed by atoms with van der Waals surface area (Å²) in [4.78, 5) is 0. The molecule has 2 aromatic rings. The van der Waals surface area contributed by atoms with Gasteiger partial charge in [0.15, 0.2) is 0 Å². The Kier molecular flexibility index (Phi) is 3.06. The Hall–Kier alpha value is -1.29. The van der Waals surface area contributed by atoms with E-state index in [4.69, 9.17) is 0 Å². The number of hydrogen-bond donors (Lipinski definition) is 2. The monoisotopic (exact) mass is 265 g/mol. The first-order valence-electron chi connectivity index (χ1n) is 4.74. The quantitative estimate of drug-likeness (QED) is 0.896. The molecule has 0 amide bonds. The lowest BCUT2D eigenvalue weighted by Crippen LogP contribution is -2.00. The van der Waals surface area contributed by atoms with E-state index in [1.54, 1.807) is 6.20 Å². The first kappa shape index (κ1) is 10.2. The first-order chi connectivity index (χ1) is 7.27. The molecule has 4 heteroatoms. The van der Waals surface area contributed by atoms with Crippen molar-refractivity contribution in [1.29, 1.82) is 0 Å². The molecule has 1 aromatic carbocycles. The third-order valence-electron chi connectivity index (χ3n) is 2.22. The van der Waals surface area contributed by atoms with Crippen LogP contribution in [0, 0.1) is 6.92 Å². The van der Waals surface area contributed by atoms with Gasteiger partial charge in [0.1, 0.15) is 0 Å². The van der Waals surface area contributed by atoms with E-state index in [1.807, 2.05) is 18.2 Å². The number of H-pyrrole nitrogens is 1. The molecule has 0 saturated carbocycles. The van der Waals surface area contributed by atoms with E-state index in [0.717, 1.165) is 22.4 Å². The minimum absolute atomic E-state index is 0.752. The number of aromatic nitrogens is 2. The van der Waals surface area contributed by atoms with Crippen LogP contribution in [0.5, 0.6) is 0 Å². The Balaban J connectivity index is 2.08. The minimum atomic E-state index is 0.752. The molecule has 0 bridgehead atoms. The summed E-state index contributed by atoms with van der Waals surface area (Å²) in [5, 5.41) is 10.1. The Bertz CT molecular complexity index is 437. The van der Waals surface area contributed by atoms with Crippen molar-refractivity contribution in [2.45, 2.75) is 13.5 Å². The van der Waals surface area contributed by atoms with Crippen LogP contribution in [0.2, 0.25) is 0 Å². The summed E-state index contributed by atoms with van der Waals surface area (Å²) in [5.74, 6) is 0. The highest BCUT2D eigenvalue weighted by molar-refractivity contribution is 9.10. The molecule has 3 nitrogen and oxygen atoms in total. The van der Waals surface area contributed by atoms with Crippen LogP contribution < -0.4 is 5.32 Å². The van der Waals surface area contributed by atoms with Gasteiger partial charge in [0.2, 0.25) is 0 Å². The Labute approximate surface area is 97.0 Å². The maximum atomic E-state index is 3.90. The van der Waals surface area contributed by atoms with E-state index in [0.29, 0.717) is 0 Å². The summed E-state index contributed by atoms with van der Waals surface area (Å²) in [6.07, 6.45) is 1.75. The van der Waals surface area contributed by atoms with E-state index >= 15 is 0 Å². The molecule has 0 saturated heterocycles. The topological polar surface area (TPSA) is 40.7 Å². The van der Waals surface area contributed by atoms with Crippen molar-refractivity contribution in [2.24, 2.45) is 0 Å². The Morgan fingerprint density at radius 1 is 1.40 bits per heavy atom. The van der Waals surface area contributed by atoms with Crippen LogP contribution in [0.3, 0.4) is 0 Å². The molecule has 0 radical (unpaired) electrons. The molecule has 1 aromatic heterocycles. The van der Waals surface area contributed by atoms with E-state index in [1.165, 1.54) is 5.56 Å². The standard InChI is InChI=1S/C11H12BrN3/c1-8-3-2-4-10(11(8)12)13-7-9-5-6-14-15-9/h2-6,13H,7H2,1H3,(H,14,15). The highest BCUT2D eigenvalue weighted by Crippen LogP contribution is 2.25. The Morgan fingerprint density at radius 3 is 3.00 bits per heavy atom. The van der Waals surface area contributed by atoms with Crippen molar-refractivity contribution >= 4 is 21.6 Å². The predicted octanol–water partition coefficient (Wildman–Crippen LogP) is 3.09. The van der Waals surface area contributed by atoms with Crippen LogP contribution in [0.4, 0.5) is 5.69 Å². The maximum absolute atomic E-state index is 3.90. The van der Waals surface area contributed by atoms with Gasteiger partial charge < -0.3 is 5.32 Å². The van der Waals surface area contributed by atoms with Gasteiger partial charge in [0, 0.05) is 16.4 Å². The second kappa shape index (κ2) is 4.49. The summed E-state index contributed by atoms with van der Waals surface area (Å²) in [6, 6.07) is 8.12. The number of halogens is 1. The molecule has 0 aliphatic heterocycles. The smallest absolute Gasteiger partial charge is 0.0568 e. The molecule has 0 fully saturated rings. The van der Waals surface area contributed by atoms with Crippen molar-refractivity contribution in [3.05, 3.63) is 46.2 Å². The van der Waals surface area contributed by atoms with Gasteiger partial charge in [-0.3, -0.25) is 5.10 Å². The first-order valence-corrected chi connectivity index (χ1v) is 5.54. The molecule has 0 atom stereocenters. The number of hydrogen-bond acceptors (Lipinski definition) is 2. The fourth-order valence-corrected chi connectivity index (χ4v) is 1.76. The summed E-state index contributed by atoms with van der Waals surface area (Å²) in [7, 11) is 0. The van der Waals surface area contributed by atoms with E-state index in [-0.39, 0.29) is 0 Å². The van der Waals surface area contributed by atoms with E-state index < -0.39 is 0 Å². The van der Waals surface area contributed by atoms with Crippen LogP contribution in [-0.4, -0.2) is 10.2 Å². The summed E-state index contributed by atoms with van der Waals surface area (Å²) < 4.78 is 1.12. The lowest BCUT2D eigenvalue weighted by Gasteiger charge is -2.08. The molecular formula is C11H12BrN3. The van der Waals surface area contributed by atoms with Crippen molar-refractivity contribution < 1.29 is 0 Å². The highest BCUT2D eigenvalue weighted by atomic mass is 79.9. The number of rotatable bonds is 3. The highest BCUT2D eigenvalue weighted by Gasteiger charge is 2.01. The van der Waals surface area contributed by atoms with Gasteiger partial charge in [-0.25, -0.2) is 0 Å². The second-order valence-corrected chi connectivity index (χ2v) is 4.16. The number of benzene rings is 1. The molecule has 2 N–H and O–H groups in total. The molecule has 0 aliphatic rings. The van der Waals surface area contributed by atoms with Crippen LogP contribution >= 0.6 is 15.9 Å². The zero-order chi connectivity index (χ0) is 10.7. The molecule has 0 unspecified atom stereocenters. The number of nitrogens with zero attached hydrogens (tertiary/aromatic N) is 1. The average molecular weight is 266 g/mol. The number of anilines is 1. The second-order valence-electron chi connectivity index (χ2n) is 3.37. The van der Waals surface area contributed by atoms with Gasteiger partial charge in [-0.05, 0) is 40.5 Å². The lowest BCUT2D eigenvalue weighted by molar-refractivity contribution is 0.980. The largest absolute Gasteiger partial charge is 0.378 e. The number of aryl methyl sites for hydroxylation is 1. The van der Waals surface area contributed by atoms with Crippen molar-refractivity contribution in [2.75, 3.05) is 5.32 Å². The maximum Gasteiger partial charge on any atom is 0.0568 e. The molecule has 0 aliphatic carbocycles. The molecule has 15 heavy (non-hydrogen) atoms. The van der Waals surface area contributed by atoms with Gasteiger partial charge in [0.05, 0.1) is 12.2 Å². The Morgan fingerprint density at radius 2 is 2.27 bits per heavy atom. The summed E-state index contributed by atoms with van der Waals surface area (Å²) in [5.41, 5.74) is 3.40. The third kappa shape index (κ3) is 2.39. The van der Waals surface area contributed by atoms with Gasteiger partial charge in [-0.1, -0.05) is 12.1 Å². The predicted molar refractivity (Wildman–Crippen MR) is 64.8 cm³/mol. The molecule has 0 spiro atoms. The van der Waals surface area contributed by atoms with Gasteiger partial charge in [-0.2, -0.15) is 5.10 Å². The zero-order valence-electron chi connectivity index (χ0n) is 8.42. The molecule has 78 valence electrons. The lowest BCUT2D eigenvalue weighted by atomic mass is 10.2. The van der Waals surface area contributed by atoms with Crippen molar-refractivity contribution in [3.8, 4) is 0 Å². The molecule has 1 heterocycles. The minimum Gasteiger partial charge on any atom is -0.378 e. The van der Waals surface area contributed by atoms with Gasteiger partial charge >= 0.3 is 0 Å². The molecular weight excluding hydrogens is 254 g/mol. The summed E-state index contributed by atoms with van der Waals surface area (Å²) >= 11 is 3.56. The van der Waals surface area contributed by atoms with Crippen LogP contribution in [-0.2, 0) is 6.54 Å². The van der Waals surface area contributed by atoms with Gasteiger partial charge in [0.25, 0.3) is 0 Å².